The molecule has 0 fully saturated rings. The minimum Gasteiger partial charge on any atom is -0.395 e. The SMILES string of the molecule is Nc1cnc([N+](=O)[O-])c(CBr)c1C(F)F. The standard InChI is InChI=1S/C7H6BrF2N3O2/c8-1-3-5(6(9)10)4(11)2-12-7(3)13(14)15/h2,6H,1,11H2. The first-order valence-corrected chi connectivity index (χ1v) is 4.87. The molecule has 0 saturated carbocycles. The zero-order valence-electron chi connectivity index (χ0n) is 7.28. The van der Waals surface area contributed by atoms with E-state index >= 15 is 0 Å². The van der Waals surface area contributed by atoms with Crippen molar-refractivity contribution in [3.05, 3.63) is 27.4 Å². The van der Waals surface area contributed by atoms with Gasteiger partial charge in [-0.25, -0.2) is 8.78 Å². The van der Waals surface area contributed by atoms with E-state index in [-0.39, 0.29) is 16.6 Å². The Hall–Kier alpha value is -1.31. The van der Waals surface area contributed by atoms with Crippen LogP contribution < -0.4 is 5.73 Å². The zero-order valence-corrected chi connectivity index (χ0v) is 8.87. The maximum Gasteiger partial charge on any atom is 0.368 e. The van der Waals surface area contributed by atoms with E-state index in [1.165, 1.54) is 0 Å². The van der Waals surface area contributed by atoms with E-state index < -0.39 is 22.7 Å². The summed E-state index contributed by atoms with van der Waals surface area (Å²) in [5.41, 5.74) is 4.32. The van der Waals surface area contributed by atoms with Crippen molar-refractivity contribution in [2.45, 2.75) is 11.8 Å². The number of hydrogen-bond donors (Lipinski definition) is 1. The van der Waals surface area contributed by atoms with Gasteiger partial charge in [-0.3, -0.25) is 0 Å². The molecule has 0 bridgehead atoms. The molecule has 8 heteroatoms. The quantitative estimate of drug-likeness (QED) is 0.524. The summed E-state index contributed by atoms with van der Waals surface area (Å²) >= 11 is 2.90. The normalized spacial score (nSPS) is 10.7. The third-order valence-electron chi connectivity index (χ3n) is 1.76. The van der Waals surface area contributed by atoms with E-state index in [0.717, 1.165) is 6.20 Å². The summed E-state index contributed by atoms with van der Waals surface area (Å²) in [6.45, 7) is 0. The van der Waals surface area contributed by atoms with Crippen molar-refractivity contribution in [1.82, 2.24) is 4.98 Å². The van der Waals surface area contributed by atoms with Gasteiger partial charge >= 0.3 is 5.82 Å². The molecule has 1 rings (SSSR count). The minimum absolute atomic E-state index is 0.0962. The van der Waals surface area contributed by atoms with Gasteiger partial charge in [-0.1, -0.05) is 15.9 Å². The molecule has 0 spiro atoms. The molecule has 1 aromatic rings. The molecule has 2 N–H and O–H groups in total. The molecule has 1 heterocycles. The molecule has 0 aliphatic heterocycles. The monoisotopic (exact) mass is 281 g/mol. The lowest BCUT2D eigenvalue weighted by Crippen LogP contribution is -2.05. The first-order valence-electron chi connectivity index (χ1n) is 3.74. The largest absolute Gasteiger partial charge is 0.395 e. The fourth-order valence-electron chi connectivity index (χ4n) is 1.12. The molecule has 1 aromatic heterocycles. The number of pyridine rings is 1. The molecule has 0 amide bonds. The molecular formula is C7H6BrF2N3O2. The lowest BCUT2D eigenvalue weighted by atomic mass is 10.1. The van der Waals surface area contributed by atoms with Crippen LogP contribution >= 0.6 is 15.9 Å². The number of aromatic nitrogens is 1. The summed E-state index contributed by atoms with van der Waals surface area (Å²) in [6.07, 6.45) is -1.99. The van der Waals surface area contributed by atoms with Crippen LogP contribution in [0.25, 0.3) is 0 Å². The van der Waals surface area contributed by atoms with Gasteiger partial charge in [0.25, 0.3) is 6.43 Å². The first-order chi connectivity index (χ1) is 6.99. The van der Waals surface area contributed by atoms with Crippen molar-refractivity contribution in [3.8, 4) is 0 Å². The van der Waals surface area contributed by atoms with Crippen molar-refractivity contribution in [1.29, 1.82) is 0 Å². The Morgan fingerprint density at radius 3 is 2.67 bits per heavy atom. The van der Waals surface area contributed by atoms with E-state index in [2.05, 4.69) is 20.9 Å². The van der Waals surface area contributed by atoms with Crippen LogP contribution in [0, 0.1) is 10.1 Å². The molecule has 0 aliphatic carbocycles. The van der Waals surface area contributed by atoms with Crippen LogP contribution in [-0.4, -0.2) is 9.91 Å². The van der Waals surface area contributed by atoms with Crippen LogP contribution in [0.5, 0.6) is 0 Å². The van der Waals surface area contributed by atoms with Crippen LogP contribution in [0.2, 0.25) is 0 Å². The Balaban J connectivity index is 3.47. The van der Waals surface area contributed by atoms with Gasteiger partial charge in [0.1, 0.15) is 0 Å². The molecule has 15 heavy (non-hydrogen) atoms. The third kappa shape index (κ3) is 2.20. The number of nitrogens with two attached hydrogens (primary N) is 1. The first kappa shape index (κ1) is 11.8. The zero-order chi connectivity index (χ0) is 11.6. The number of nitrogens with zero attached hydrogens (tertiary/aromatic N) is 2. The number of anilines is 1. The van der Waals surface area contributed by atoms with Crippen LogP contribution in [0.15, 0.2) is 6.20 Å². The molecule has 0 aliphatic rings. The minimum atomic E-state index is -2.86. The number of nitrogen functional groups attached to an aromatic ring is 1. The van der Waals surface area contributed by atoms with Gasteiger partial charge < -0.3 is 15.8 Å². The van der Waals surface area contributed by atoms with Gasteiger partial charge in [0.2, 0.25) is 0 Å². The maximum atomic E-state index is 12.6. The average molecular weight is 282 g/mol. The maximum absolute atomic E-state index is 12.6. The van der Waals surface area contributed by atoms with Crippen molar-refractivity contribution in [3.63, 3.8) is 0 Å². The van der Waals surface area contributed by atoms with Gasteiger partial charge in [-0.15, -0.1) is 0 Å². The molecule has 0 unspecified atom stereocenters. The summed E-state index contributed by atoms with van der Waals surface area (Å²) in [5, 5.41) is 10.4. The van der Waals surface area contributed by atoms with Crippen LogP contribution in [-0.2, 0) is 5.33 Å². The van der Waals surface area contributed by atoms with E-state index in [0.29, 0.717) is 0 Å². The lowest BCUT2D eigenvalue weighted by Gasteiger charge is -2.08. The summed E-state index contributed by atoms with van der Waals surface area (Å²) in [4.78, 5) is 13.1. The molecule has 0 atom stereocenters. The topological polar surface area (TPSA) is 82.0 Å². The Bertz CT molecular complexity index is 400. The van der Waals surface area contributed by atoms with Crippen molar-refractivity contribution < 1.29 is 13.7 Å². The van der Waals surface area contributed by atoms with Gasteiger partial charge in [-0.05, 0) is 9.91 Å². The number of rotatable bonds is 3. The van der Waals surface area contributed by atoms with E-state index in [1.807, 2.05) is 0 Å². The highest BCUT2D eigenvalue weighted by molar-refractivity contribution is 9.08. The summed E-state index contributed by atoms with van der Waals surface area (Å²) in [5.74, 6) is -0.601. The highest BCUT2D eigenvalue weighted by Gasteiger charge is 2.26. The highest BCUT2D eigenvalue weighted by atomic mass is 79.9. The fourth-order valence-corrected chi connectivity index (χ4v) is 1.67. The Kier molecular flexibility index (Phi) is 3.51. The molecule has 82 valence electrons. The molecular weight excluding hydrogens is 276 g/mol. The number of nitro groups is 1. The Morgan fingerprint density at radius 2 is 2.27 bits per heavy atom. The van der Waals surface area contributed by atoms with Crippen molar-refractivity contribution in [2.24, 2.45) is 0 Å². The second kappa shape index (κ2) is 4.47. The predicted molar refractivity (Wildman–Crippen MR) is 52.9 cm³/mol. The van der Waals surface area contributed by atoms with Gasteiger partial charge in [0, 0.05) is 5.33 Å². The predicted octanol–water partition coefficient (Wildman–Crippen LogP) is 2.40. The number of hydrogen-bond acceptors (Lipinski definition) is 4. The highest BCUT2D eigenvalue weighted by Crippen LogP contribution is 2.33. The smallest absolute Gasteiger partial charge is 0.368 e. The number of alkyl halides is 3. The Morgan fingerprint density at radius 1 is 1.67 bits per heavy atom. The van der Waals surface area contributed by atoms with E-state index in [4.69, 9.17) is 5.73 Å². The van der Waals surface area contributed by atoms with Crippen molar-refractivity contribution in [2.75, 3.05) is 5.73 Å². The second-order valence-corrected chi connectivity index (χ2v) is 3.18. The van der Waals surface area contributed by atoms with Crippen LogP contribution in [0.4, 0.5) is 20.3 Å². The summed E-state index contributed by atoms with van der Waals surface area (Å²) in [7, 11) is 0. The van der Waals surface area contributed by atoms with E-state index in [9.17, 15) is 18.9 Å². The van der Waals surface area contributed by atoms with E-state index in [1.54, 1.807) is 0 Å². The van der Waals surface area contributed by atoms with Crippen LogP contribution in [0.3, 0.4) is 0 Å². The summed E-state index contributed by atoms with van der Waals surface area (Å²) < 4.78 is 25.1. The second-order valence-electron chi connectivity index (χ2n) is 2.62. The van der Waals surface area contributed by atoms with Crippen molar-refractivity contribution >= 4 is 27.4 Å². The molecule has 0 saturated heterocycles. The molecule has 0 aromatic carbocycles. The molecule has 5 nitrogen and oxygen atoms in total. The number of halogens is 3. The van der Waals surface area contributed by atoms with Gasteiger partial charge in [0.05, 0.1) is 16.8 Å². The third-order valence-corrected chi connectivity index (χ3v) is 2.32. The average Bonchev–Trinajstić information content (AvgIpc) is 2.15. The van der Waals surface area contributed by atoms with Gasteiger partial charge in [0.15, 0.2) is 6.20 Å². The molecule has 0 radical (unpaired) electrons. The van der Waals surface area contributed by atoms with Crippen LogP contribution in [0.1, 0.15) is 17.6 Å². The van der Waals surface area contributed by atoms with Gasteiger partial charge in [-0.2, -0.15) is 0 Å². The fraction of sp³-hybridized carbons (Fsp3) is 0.286. The summed E-state index contributed by atoms with van der Waals surface area (Å²) in [6, 6.07) is 0. The lowest BCUT2D eigenvalue weighted by molar-refractivity contribution is -0.390. The Labute approximate surface area is 91.6 Å².